The van der Waals surface area contributed by atoms with Crippen LogP contribution in [0.4, 0.5) is 0 Å². The number of allylic oxidation sites excluding steroid dienone is 2. The second kappa shape index (κ2) is 20.1. The topological polar surface area (TPSA) is 52.6 Å². The zero-order valence-corrected chi connectivity index (χ0v) is 26.3. The smallest absolute Gasteiger partial charge is 0.314 e. The quantitative estimate of drug-likeness (QED) is 0.0549. The SMILES string of the molecule is CCCCC/C=C/C(=O)c1ccc(OC(=O)C2CCC(C3CCC(OCCCCCCCCCC)CC3)CC2)cc1. The van der Waals surface area contributed by atoms with Gasteiger partial charge in [0.25, 0.3) is 0 Å². The number of unbranched alkanes of at least 4 members (excludes halogenated alkanes) is 10. The summed E-state index contributed by atoms with van der Waals surface area (Å²) in [5.41, 5.74) is 0.630. The first-order valence-electron chi connectivity index (χ1n) is 17.2. The second-order valence-corrected chi connectivity index (χ2v) is 12.7. The molecule has 2 saturated carbocycles. The van der Waals surface area contributed by atoms with Gasteiger partial charge in [0.2, 0.25) is 0 Å². The summed E-state index contributed by atoms with van der Waals surface area (Å²) >= 11 is 0. The summed E-state index contributed by atoms with van der Waals surface area (Å²) in [6.45, 7) is 5.39. The molecule has 2 aliphatic carbocycles. The van der Waals surface area contributed by atoms with Gasteiger partial charge < -0.3 is 9.47 Å². The number of carbonyl (C=O) groups excluding carboxylic acids is 2. The van der Waals surface area contributed by atoms with Crippen LogP contribution in [-0.4, -0.2) is 24.5 Å². The highest BCUT2D eigenvalue weighted by atomic mass is 16.5. The molecule has 2 aliphatic rings. The van der Waals surface area contributed by atoms with Crippen LogP contribution in [0.15, 0.2) is 36.4 Å². The average Bonchev–Trinajstić information content (AvgIpc) is 3.01. The van der Waals surface area contributed by atoms with Crippen molar-refractivity contribution in [1.29, 1.82) is 0 Å². The Morgan fingerprint density at radius 2 is 1.27 bits per heavy atom. The average molecular weight is 567 g/mol. The van der Waals surface area contributed by atoms with Crippen molar-refractivity contribution in [1.82, 2.24) is 0 Å². The Bertz CT molecular complexity index is 873. The number of benzene rings is 1. The lowest BCUT2D eigenvalue weighted by Crippen LogP contribution is -2.31. The minimum atomic E-state index is -0.114. The Morgan fingerprint density at radius 3 is 1.90 bits per heavy atom. The molecule has 0 saturated heterocycles. The molecule has 4 heteroatoms. The Labute approximate surface area is 251 Å². The molecule has 41 heavy (non-hydrogen) atoms. The molecule has 0 amide bonds. The first-order valence-corrected chi connectivity index (χ1v) is 17.2. The summed E-state index contributed by atoms with van der Waals surface area (Å²) in [7, 11) is 0. The van der Waals surface area contributed by atoms with Crippen molar-refractivity contribution in [2.24, 2.45) is 17.8 Å². The summed E-state index contributed by atoms with van der Waals surface area (Å²) < 4.78 is 11.9. The number of carbonyl (C=O) groups is 2. The van der Waals surface area contributed by atoms with Crippen molar-refractivity contribution >= 4 is 11.8 Å². The number of ether oxygens (including phenoxy) is 2. The van der Waals surface area contributed by atoms with E-state index >= 15 is 0 Å². The molecule has 0 spiro atoms. The standard InChI is InChI=1S/C37H58O4/c1-3-5-7-9-10-11-13-15-29-40-34-25-21-31(22-26-34)30-17-19-33(20-18-30)37(39)41-35-27-23-32(24-28-35)36(38)16-14-12-8-6-4-2/h14,16,23-24,27-28,30-31,33-34H,3-13,15,17-22,25-26,29H2,1-2H3/b16-14+. The maximum absolute atomic E-state index is 12.8. The van der Waals surface area contributed by atoms with Crippen molar-refractivity contribution in [3.63, 3.8) is 0 Å². The lowest BCUT2D eigenvalue weighted by atomic mass is 9.70. The fourth-order valence-corrected chi connectivity index (χ4v) is 6.72. The maximum Gasteiger partial charge on any atom is 0.314 e. The van der Waals surface area contributed by atoms with Crippen LogP contribution < -0.4 is 4.74 Å². The zero-order chi connectivity index (χ0) is 29.1. The molecule has 0 aromatic heterocycles. The molecule has 230 valence electrons. The minimum absolute atomic E-state index is 0.00166. The van der Waals surface area contributed by atoms with Crippen molar-refractivity contribution in [2.75, 3.05) is 6.61 Å². The molecule has 0 unspecified atom stereocenters. The van der Waals surface area contributed by atoms with Crippen LogP contribution in [0.3, 0.4) is 0 Å². The van der Waals surface area contributed by atoms with Crippen LogP contribution in [0.25, 0.3) is 0 Å². The molecule has 0 aliphatic heterocycles. The predicted molar refractivity (Wildman–Crippen MR) is 169 cm³/mol. The molecule has 3 rings (SSSR count). The third-order valence-electron chi connectivity index (χ3n) is 9.44. The minimum Gasteiger partial charge on any atom is -0.426 e. The van der Waals surface area contributed by atoms with E-state index in [4.69, 9.17) is 9.47 Å². The number of ketones is 1. The summed E-state index contributed by atoms with van der Waals surface area (Å²) in [5, 5.41) is 0. The van der Waals surface area contributed by atoms with Crippen LogP contribution >= 0.6 is 0 Å². The monoisotopic (exact) mass is 566 g/mol. The largest absolute Gasteiger partial charge is 0.426 e. The summed E-state index contributed by atoms with van der Waals surface area (Å²) in [6, 6.07) is 7.01. The number of hydrogen-bond donors (Lipinski definition) is 0. The van der Waals surface area contributed by atoms with Gasteiger partial charge >= 0.3 is 5.97 Å². The van der Waals surface area contributed by atoms with E-state index in [-0.39, 0.29) is 17.7 Å². The van der Waals surface area contributed by atoms with Gasteiger partial charge in [0.15, 0.2) is 5.78 Å². The van der Waals surface area contributed by atoms with Crippen LogP contribution in [0.1, 0.15) is 153 Å². The van der Waals surface area contributed by atoms with Gasteiger partial charge in [-0.1, -0.05) is 77.7 Å². The van der Waals surface area contributed by atoms with Gasteiger partial charge in [-0.2, -0.15) is 0 Å². The number of esters is 1. The van der Waals surface area contributed by atoms with E-state index in [9.17, 15) is 9.59 Å². The maximum atomic E-state index is 12.8. The van der Waals surface area contributed by atoms with Gasteiger partial charge in [-0.05, 0) is 113 Å². The van der Waals surface area contributed by atoms with E-state index < -0.39 is 0 Å². The second-order valence-electron chi connectivity index (χ2n) is 12.7. The molecule has 4 nitrogen and oxygen atoms in total. The third kappa shape index (κ3) is 12.8. The molecular formula is C37H58O4. The first-order chi connectivity index (χ1) is 20.1. The van der Waals surface area contributed by atoms with Gasteiger partial charge in [0, 0.05) is 12.2 Å². The molecular weight excluding hydrogens is 508 g/mol. The highest BCUT2D eigenvalue weighted by Gasteiger charge is 2.33. The fraction of sp³-hybridized carbons (Fsp3) is 0.730. The molecule has 0 atom stereocenters. The Hall–Kier alpha value is -1.94. The van der Waals surface area contributed by atoms with E-state index in [1.165, 1.54) is 89.9 Å². The van der Waals surface area contributed by atoms with Gasteiger partial charge in [-0.15, -0.1) is 0 Å². The Balaban J connectivity index is 1.26. The van der Waals surface area contributed by atoms with Crippen molar-refractivity contribution in [3.05, 3.63) is 42.0 Å². The summed E-state index contributed by atoms with van der Waals surface area (Å²) in [6.07, 6.45) is 28.4. The lowest BCUT2D eigenvalue weighted by molar-refractivity contribution is -0.140. The van der Waals surface area contributed by atoms with E-state index in [1.54, 1.807) is 30.3 Å². The molecule has 0 bridgehead atoms. The van der Waals surface area contributed by atoms with Crippen LogP contribution in [-0.2, 0) is 9.53 Å². The van der Waals surface area contributed by atoms with Gasteiger partial charge in [0.05, 0.1) is 12.0 Å². The molecule has 0 heterocycles. The molecule has 0 radical (unpaired) electrons. The third-order valence-corrected chi connectivity index (χ3v) is 9.44. The zero-order valence-electron chi connectivity index (χ0n) is 26.3. The van der Waals surface area contributed by atoms with Crippen LogP contribution in [0.5, 0.6) is 5.75 Å². The Kier molecular flexibility index (Phi) is 16.4. The summed E-state index contributed by atoms with van der Waals surface area (Å²) in [4.78, 5) is 25.2. The highest BCUT2D eigenvalue weighted by Crippen LogP contribution is 2.41. The molecule has 1 aromatic carbocycles. The molecule has 0 N–H and O–H groups in total. The normalized spacial score (nSPS) is 23.1. The predicted octanol–water partition coefficient (Wildman–Crippen LogP) is 10.4. The van der Waals surface area contributed by atoms with E-state index in [0.717, 1.165) is 57.0 Å². The van der Waals surface area contributed by atoms with Gasteiger partial charge in [-0.3, -0.25) is 9.59 Å². The van der Waals surface area contributed by atoms with E-state index in [0.29, 0.717) is 17.4 Å². The number of rotatable bonds is 19. The van der Waals surface area contributed by atoms with Crippen LogP contribution in [0.2, 0.25) is 0 Å². The van der Waals surface area contributed by atoms with Gasteiger partial charge in [0.1, 0.15) is 5.75 Å². The van der Waals surface area contributed by atoms with Crippen molar-refractivity contribution < 1.29 is 19.1 Å². The molecule has 2 fully saturated rings. The highest BCUT2D eigenvalue weighted by molar-refractivity contribution is 6.04. The van der Waals surface area contributed by atoms with E-state index in [2.05, 4.69) is 13.8 Å². The van der Waals surface area contributed by atoms with E-state index in [1.807, 2.05) is 6.08 Å². The van der Waals surface area contributed by atoms with Crippen molar-refractivity contribution in [3.8, 4) is 5.75 Å². The first kappa shape index (κ1) is 33.6. The van der Waals surface area contributed by atoms with Gasteiger partial charge in [-0.25, -0.2) is 0 Å². The lowest BCUT2D eigenvalue weighted by Gasteiger charge is -2.37. The summed E-state index contributed by atoms with van der Waals surface area (Å²) in [5.74, 6) is 1.95. The Morgan fingerprint density at radius 1 is 0.707 bits per heavy atom. The molecule has 1 aromatic rings. The van der Waals surface area contributed by atoms with Crippen LogP contribution in [0, 0.1) is 17.8 Å². The fourth-order valence-electron chi connectivity index (χ4n) is 6.72. The van der Waals surface area contributed by atoms with Crippen molar-refractivity contribution in [2.45, 2.75) is 148 Å². The number of hydrogen-bond acceptors (Lipinski definition) is 4.